The zero-order chi connectivity index (χ0) is 21.0. The molecule has 0 aliphatic carbocycles. The van der Waals surface area contributed by atoms with Crippen LogP contribution in [0.4, 0.5) is 20.2 Å². The normalized spacial score (nSPS) is 10.6. The van der Waals surface area contributed by atoms with Gasteiger partial charge in [-0.15, -0.1) is 0 Å². The lowest BCUT2D eigenvalue weighted by Gasteiger charge is -2.12. The van der Waals surface area contributed by atoms with Crippen LogP contribution in [0.25, 0.3) is 0 Å². The molecule has 29 heavy (non-hydrogen) atoms. The number of carbonyl (C=O) groups is 1. The van der Waals surface area contributed by atoms with E-state index in [-0.39, 0.29) is 21.8 Å². The van der Waals surface area contributed by atoms with Gasteiger partial charge in [-0.25, -0.2) is 0 Å². The molecule has 9 nitrogen and oxygen atoms in total. The molecule has 2 aromatic carbocycles. The summed E-state index contributed by atoms with van der Waals surface area (Å²) in [7, 11) is 1.44. The molecule has 1 N–H and O–H groups in total. The number of aromatic nitrogens is 2. The lowest BCUT2D eigenvalue weighted by atomic mass is 10.2. The number of rotatable bonds is 7. The van der Waals surface area contributed by atoms with Gasteiger partial charge in [-0.05, 0) is 18.2 Å². The molecule has 0 aliphatic heterocycles. The van der Waals surface area contributed by atoms with Crippen LogP contribution in [0.3, 0.4) is 0 Å². The number of nitro groups is 1. The van der Waals surface area contributed by atoms with E-state index in [4.69, 9.17) is 9.47 Å². The summed E-state index contributed by atoms with van der Waals surface area (Å²) >= 11 is 0. The highest BCUT2D eigenvalue weighted by molar-refractivity contribution is 6.03. The van der Waals surface area contributed by atoms with Crippen LogP contribution in [0, 0.1) is 10.1 Å². The number of anilines is 1. The number of carbonyl (C=O) groups excluding carboxylic acids is 1. The smallest absolute Gasteiger partial charge is 0.333 e. The van der Waals surface area contributed by atoms with Crippen molar-refractivity contribution in [2.45, 2.75) is 6.55 Å². The summed E-state index contributed by atoms with van der Waals surface area (Å²) in [6.07, 6.45) is 1.05. The Labute approximate surface area is 162 Å². The predicted octanol–water partition coefficient (Wildman–Crippen LogP) is 4.24. The van der Waals surface area contributed by atoms with E-state index in [1.165, 1.54) is 13.2 Å². The Hall–Kier alpha value is -4.02. The quantitative estimate of drug-likeness (QED) is 0.466. The SMILES string of the molecule is COc1ccccc1Oc1cc(NC(=O)c2ccnn2C(F)F)cc([N+](=O)[O-])c1. The first-order valence-electron chi connectivity index (χ1n) is 8.12. The number of para-hydroxylation sites is 2. The van der Waals surface area contributed by atoms with E-state index in [9.17, 15) is 23.7 Å². The topological polar surface area (TPSA) is 109 Å². The molecule has 3 aromatic rings. The second-order valence-electron chi connectivity index (χ2n) is 5.62. The van der Waals surface area contributed by atoms with Gasteiger partial charge in [-0.2, -0.15) is 18.6 Å². The van der Waals surface area contributed by atoms with Crippen LogP contribution in [0.5, 0.6) is 17.2 Å². The molecule has 1 amide bonds. The van der Waals surface area contributed by atoms with Crippen LogP contribution in [0.1, 0.15) is 17.0 Å². The maximum Gasteiger partial charge on any atom is 0.333 e. The number of amides is 1. The molecule has 1 heterocycles. The molecule has 0 unspecified atom stereocenters. The van der Waals surface area contributed by atoms with Crippen LogP contribution in [-0.4, -0.2) is 27.7 Å². The number of nitrogens with one attached hydrogen (secondary N) is 1. The number of methoxy groups -OCH3 is 1. The maximum absolute atomic E-state index is 12.9. The van der Waals surface area contributed by atoms with Gasteiger partial charge in [0.2, 0.25) is 0 Å². The van der Waals surface area contributed by atoms with Crippen LogP contribution >= 0.6 is 0 Å². The molecule has 0 bridgehead atoms. The molecule has 11 heteroatoms. The van der Waals surface area contributed by atoms with Gasteiger partial charge in [-0.3, -0.25) is 14.9 Å². The summed E-state index contributed by atoms with van der Waals surface area (Å²) in [6, 6.07) is 11.3. The van der Waals surface area contributed by atoms with Crippen molar-refractivity contribution in [3.05, 3.63) is 70.5 Å². The molecule has 0 saturated carbocycles. The van der Waals surface area contributed by atoms with Crippen molar-refractivity contribution in [2.75, 3.05) is 12.4 Å². The maximum atomic E-state index is 12.9. The standard InChI is InChI=1S/C18H14F2N4O5/c1-28-15-4-2-3-5-16(15)29-13-9-11(8-12(10-13)24(26)27)22-17(25)14-6-7-21-23(14)18(19)20/h2-10,18H,1H3,(H,22,25). The van der Waals surface area contributed by atoms with Crippen molar-refractivity contribution in [3.63, 3.8) is 0 Å². The average Bonchev–Trinajstić information content (AvgIpc) is 3.18. The summed E-state index contributed by atoms with van der Waals surface area (Å²) in [5.41, 5.74) is -0.787. The molecule has 0 saturated heterocycles. The van der Waals surface area contributed by atoms with Crippen LogP contribution in [0.2, 0.25) is 0 Å². The number of benzene rings is 2. The fourth-order valence-electron chi connectivity index (χ4n) is 2.49. The third-order valence-electron chi connectivity index (χ3n) is 3.74. The van der Waals surface area contributed by atoms with Gasteiger partial charge >= 0.3 is 6.55 Å². The van der Waals surface area contributed by atoms with Gasteiger partial charge in [0.15, 0.2) is 11.5 Å². The molecule has 0 radical (unpaired) electrons. The van der Waals surface area contributed by atoms with Crippen molar-refractivity contribution in [1.82, 2.24) is 9.78 Å². The molecule has 0 aliphatic rings. The second kappa shape index (κ2) is 8.33. The molecule has 0 spiro atoms. The minimum Gasteiger partial charge on any atom is -0.493 e. The average molecular weight is 404 g/mol. The molecular weight excluding hydrogens is 390 g/mol. The zero-order valence-corrected chi connectivity index (χ0v) is 14.9. The fraction of sp³-hybridized carbons (Fsp3) is 0.111. The van der Waals surface area contributed by atoms with Crippen molar-refractivity contribution in [3.8, 4) is 17.2 Å². The van der Waals surface area contributed by atoms with E-state index >= 15 is 0 Å². The number of ether oxygens (including phenoxy) is 2. The van der Waals surface area contributed by atoms with E-state index in [0.29, 0.717) is 11.5 Å². The van der Waals surface area contributed by atoms with E-state index in [2.05, 4.69) is 10.4 Å². The molecule has 150 valence electrons. The molecule has 0 atom stereocenters. The lowest BCUT2D eigenvalue weighted by molar-refractivity contribution is -0.384. The van der Waals surface area contributed by atoms with Crippen LogP contribution in [-0.2, 0) is 0 Å². The number of nitro benzene ring substituents is 1. The Morgan fingerprint density at radius 1 is 1.21 bits per heavy atom. The van der Waals surface area contributed by atoms with E-state index in [1.807, 2.05) is 0 Å². The number of non-ortho nitro benzene ring substituents is 1. The van der Waals surface area contributed by atoms with Gasteiger partial charge in [0, 0.05) is 18.3 Å². The van der Waals surface area contributed by atoms with Gasteiger partial charge in [0.05, 0.1) is 23.8 Å². The van der Waals surface area contributed by atoms with Crippen molar-refractivity contribution >= 4 is 17.3 Å². The Bertz CT molecular complexity index is 1050. The first-order chi connectivity index (χ1) is 13.9. The molecule has 0 fully saturated rings. The van der Waals surface area contributed by atoms with Gasteiger partial charge in [0.1, 0.15) is 11.4 Å². The Morgan fingerprint density at radius 2 is 1.93 bits per heavy atom. The Morgan fingerprint density at radius 3 is 2.59 bits per heavy atom. The van der Waals surface area contributed by atoms with Gasteiger partial charge in [0.25, 0.3) is 11.6 Å². The van der Waals surface area contributed by atoms with Gasteiger partial charge < -0.3 is 14.8 Å². The second-order valence-corrected chi connectivity index (χ2v) is 5.62. The monoisotopic (exact) mass is 404 g/mol. The third-order valence-corrected chi connectivity index (χ3v) is 3.74. The largest absolute Gasteiger partial charge is 0.493 e. The highest BCUT2D eigenvalue weighted by Gasteiger charge is 2.20. The van der Waals surface area contributed by atoms with Crippen LogP contribution in [0.15, 0.2) is 54.7 Å². The van der Waals surface area contributed by atoms with Crippen molar-refractivity contribution in [2.24, 2.45) is 0 Å². The lowest BCUT2D eigenvalue weighted by Crippen LogP contribution is -2.18. The summed E-state index contributed by atoms with van der Waals surface area (Å²) in [6.45, 7) is -3.01. The predicted molar refractivity (Wildman–Crippen MR) is 97.6 cm³/mol. The number of halogens is 2. The highest BCUT2D eigenvalue weighted by Crippen LogP contribution is 2.34. The third kappa shape index (κ3) is 4.46. The number of hydrogen-bond acceptors (Lipinski definition) is 6. The molecule has 3 rings (SSSR count). The summed E-state index contributed by atoms with van der Waals surface area (Å²) in [5, 5.41) is 17.0. The highest BCUT2D eigenvalue weighted by atomic mass is 19.3. The number of alkyl halides is 2. The van der Waals surface area contributed by atoms with Gasteiger partial charge in [-0.1, -0.05) is 12.1 Å². The summed E-state index contributed by atoms with van der Waals surface area (Å²) < 4.78 is 36.9. The number of nitrogens with zero attached hydrogens (tertiary/aromatic N) is 3. The fourth-order valence-corrected chi connectivity index (χ4v) is 2.49. The molecule has 1 aromatic heterocycles. The van der Waals surface area contributed by atoms with E-state index < -0.39 is 23.1 Å². The Balaban J connectivity index is 1.92. The summed E-state index contributed by atoms with van der Waals surface area (Å²) in [5.74, 6) is -0.179. The first-order valence-corrected chi connectivity index (χ1v) is 8.12. The van der Waals surface area contributed by atoms with Crippen molar-refractivity contribution in [1.29, 1.82) is 0 Å². The van der Waals surface area contributed by atoms with E-state index in [1.54, 1.807) is 24.3 Å². The minimum absolute atomic E-state index is 0.0175. The van der Waals surface area contributed by atoms with Crippen LogP contribution < -0.4 is 14.8 Å². The minimum atomic E-state index is -3.01. The zero-order valence-electron chi connectivity index (χ0n) is 14.9. The summed E-state index contributed by atoms with van der Waals surface area (Å²) in [4.78, 5) is 22.9. The van der Waals surface area contributed by atoms with E-state index in [0.717, 1.165) is 24.4 Å². The Kier molecular flexibility index (Phi) is 5.67. The number of hydrogen-bond donors (Lipinski definition) is 1. The van der Waals surface area contributed by atoms with Crippen molar-refractivity contribution < 1.29 is 28.0 Å². The first kappa shape index (κ1) is 19.7. The molecular formula is C18H14F2N4O5.